The zero-order valence-corrected chi connectivity index (χ0v) is 11.1. The van der Waals surface area contributed by atoms with E-state index >= 15 is 0 Å². The van der Waals surface area contributed by atoms with Crippen molar-refractivity contribution in [1.29, 1.82) is 0 Å². The Hall–Kier alpha value is -2.14. The molecule has 0 aliphatic carbocycles. The van der Waals surface area contributed by atoms with Gasteiger partial charge in [0, 0.05) is 33.0 Å². The van der Waals surface area contributed by atoms with Gasteiger partial charge in [0.1, 0.15) is 5.82 Å². The van der Waals surface area contributed by atoms with E-state index in [-0.39, 0.29) is 5.92 Å². The summed E-state index contributed by atoms with van der Waals surface area (Å²) < 4.78 is 4.03. The standard InChI is InChI=1S/C14H17N5/c1-18-6-5-16-14(18)11(8-15)10-3-4-13-12(7-10)17-9-19(13)2/h3-7,9,11H,8,15H2,1-2H3. The molecule has 3 rings (SSSR count). The number of benzene rings is 1. The summed E-state index contributed by atoms with van der Waals surface area (Å²) in [5, 5.41) is 0. The third-order valence-electron chi connectivity index (χ3n) is 3.56. The molecule has 0 radical (unpaired) electrons. The van der Waals surface area contributed by atoms with Gasteiger partial charge in [0.15, 0.2) is 0 Å². The van der Waals surface area contributed by atoms with Crippen LogP contribution in [0.5, 0.6) is 0 Å². The van der Waals surface area contributed by atoms with Gasteiger partial charge in [-0.2, -0.15) is 0 Å². The van der Waals surface area contributed by atoms with E-state index in [0.717, 1.165) is 22.4 Å². The molecule has 2 N–H and O–H groups in total. The second-order valence-corrected chi connectivity index (χ2v) is 4.79. The molecule has 0 amide bonds. The SMILES string of the molecule is Cn1ccnc1C(CN)c1ccc2c(c1)ncn2C. The van der Waals surface area contributed by atoms with E-state index in [9.17, 15) is 0 Å². The number of nitrogens with zero attached hydrogens (tertiary/aromatic N) is 4. The lowest BCUT2D eigenvalue weighted by atomic mass is 9.98. The highest BCUT2D eigenvalue weighted by atomic mass is 15.0. The minimum absolute atomic E-state index is 0.103. The first-order chi connectivity index (χ1) is 9.20. The largest absolute Gasteiger partial charge is 0.337 e. The van der Waals surface area contributed by atoms with E-state index < -0.39 is 0 Å². The topological polar surface area (TPSA) is 61.7 Å². The Morgan fingerprint density at radius 2 is 2.05 bits per heavy atom. The summed E-state index contributed by atoms with van der Waals surface area (Å²) in [6, 6.07) is 6.29. The monoisotopic (exact) mass is 255 g/mol. The Morgan fingerprint density at radius 1 is 1.21 bits per heavy atom. The van der Waals surface area contributed by atoms with Gasteiger partial charge < -0.3 is 14.9 Å². The molecule has 1 aromatic carbocycles. The van der Waals surface area contributed by atoms with Crippen LogP contribution in [0.1, 0.15) is 17.3 Å². The number of rotatable bonds is 3. The summed E-state index contributed by atoms with van der Waals surface area (Å²) in [6.45, 7) is 0.531. The predicted molar refractivity (Wildman–Crippen MR) is 74.8 cm³/mol. The van der Waals surface area contributed by atoms with E-state index in [4.69, 9.17) is 5.73 Å². The first kappa shape index (κ1) is 11.9. The molecule has 0 bridgehead atoms. The van der Waals surface area contributed by atoms with Crippen LogP contribution in [-0.4, -0.2) is 25.6 Å². The fourth-order valence-electron chi connectivity index (χ4n) is 2.47. The van der Waals surface area contributed by atoms with Gasteiger partial charge in [-0.25, -0.2) is 9.97 Å². The van der Waals surface area contributed by atoms with Crippen LogP contribution in [0.25, 0.3) is 11.0 Å². The molecule has 98 valence electrons. The van der Waals surface area contributed by atoms with Crippen molar-refractivity contribution >= 4 is 11.0 Å². The Morgan fingerprint density at radius 3 is 2.74 bits per heavy atom. The van der Waals surface area contributed by atoms with E-state index in [2.05, 4.69) is 28.2 Å². The van der Waals surface area contributed by atoms with E-state index in [1.807, 2.05) is 35.8 Å². The maximum atomic E-state index is 5.94. The third kappa shape index (κ3) is 1.92. The zero-order valence-electron chi connectivity index (χ0n) is 11.1. The molecule has 1 unspecified atom stereocenters. The molecule has 0 aliphatic heterocycles. The van der Waals surface area contributed by atoms with Crippen molar-refractivity contribution in [3.63, 3.8) is 0 Å². The number of aromatic nitrogens is 4. The van der Waals surface area contributed by atoms with Gasteiger partial charge in [0.25, 0.3) is 0 Å². The second kappa shape index (κ2) is 4.51. The van der Waals surface area contributed by atoms with Crippen LogP contribution in [0.2, 0.25) is 0 Å². The van der Waals surface area contributed by atoms with Crippen LogP contribution in [0.3, 0.4) is 0 Å². The summed E-state index contributed by atoms with van der Waals surface area (Å²) in [5.41, 5.74) is 9.21. The number of hydrogen-bond acceptors (Lipinski definition) is 3. The highest BCUT2D eigenvalue weighted by Crippen LogP contribution is 2.24. The summed E-state index contributed by atoms with van der Waals surface area (Å²) in [6.07, 6.45) is 5.57. The van der Waals surface area contributed by atoms with Crippen molar-refractivity contribution in [2.24, 2.45) is 19.8 Å². The summed E-state index contributed by atoms with van der Waals surface area (Å²) in [5.74, 6) is 1.09. The van der Waals surface area contributed by atoms with Crippen molar-refractivity contribution in [2.45, 2.75) is 5.92 Å². The molecule has 0 saturated carbocycles. The predicted octanol–water partition coefficient (Wildman–Crippen LogP) is 1.40. The number of aryl methyl sites for hydroxylation is 2. The van der Waals surface area contributed by atoms with E-state index in [1.165, 1.54) is 0 Å². The molecule has 0 spiro atoms. The molecular formula is C14H17N5. The Balaban J connectivity index is 2.09. The normalized spacial score (nSPS) is 13.0. The van der Waals surface area contributed by atoms with Crippen LogP contribution in [0.15, 0.2) is 36.9 Å². The molecule has 2 aromatic heterocycles. The molecule has 5 nitrogen and oxygen atoms in total. The molecule has 0 aliphatic rings. The van der Waals surface area contributed by atoms with Gasteiger partial charge >= 0.3 is 0 Å². The third-order valence-corrected chi connectivity index (χ3v) is 3.56. The fraction of sp³-hybridized carbons (Fsp3) is 0.286. The molecule has 5 heteroatoms. The van der Waals surface area contributed by atoms with Gasteiger partial charge in [-0.1, -0.05) is 6.07 Å². The van der Waals surface area contributed by atoms with Crippen molar-refractivity contribution in [2.75, 3.05) is 6.54 Å². The summed E-state index contributed by atoms with van der Waals surface area (Å²) in [4.78, 5) is 8.80. The van der Waals surface area contributed by atoms with Crippen LogP contribution in [0, 0.1) is 0 Å². The minimum atomic E-state index is 0.103. The van der Waals surface area contributed by atoms with Gasteiger partial charge in [0.05, 0.1) is 23.3 Å². The number of fused-ring (bicyclic) bond motifs is 1. The van der Waals surface area contributed by atoms with Crippen LogP contribution in [0.4, 0.5) is 0 Å². The highest BCUT2D eigenvalue weighted by Gasteiger charge is 2.17. The van der Waals surface area contributed by atoms with Crippen molar-refractivity contribution in [3.8, 4) is 0 Å². The van der Waals surface area contributed by atoms with E-state index in [0.29, 0.717) is 6.54 Å². The van der Waals surface area contributed by atoms with Gasteiger partial charge in [-0.15, -0.1) is 0 Å². The average Bonchev–Trinajstić information content (AvgIpc) is 2.99. The van der Waals surface area contributed by atoms with Crippen LogP contribution < -0.4 is 5.73 Å². The smallest absolute Gasteiger partial charge is 0.117 e. The maximum absolute atomic E-state index is 5.94. The zero-order chi connectivity index (χ0) is 13.4. The lowest BCUT2D eigenvalue weighted by molar-refractivity contribution is 0.699. The Labute approximate surface area is 111 Å². The summed E-state index contributed by atoms with van der Waals surface area (Å²) in [7, 11) is 3.98. The quantitative estimate of drug-likeness (QED) is 0.769. The van der Waals surface area contributed by atoms with Crippen LogP contribution in [-0.2, 0) is 14.1 Å². The van der Waals surface area contributed by atoms with Crippen LogP contribution >= 0.6 is 0 Å². The fourth-order valence-corrected chi connectivity index (χ4v) is 2.47. The summed E-state index contributed by atoms with van der Waals surface area (Å²) >= 11 is 0. The molecular weight excluding hydrogens is 238 g/mol. The number of hydrogen-bond donors (Lipinski definition) is 1. The minimum Gasteiger partial charge on any atom is -0.337 e. The van der Waals surface area contributed by atoms with Crippen molar-refractivity contribution in [1.82, 2.24) is 19.1 Å². The second-order valence-electron chi connectivity index (χ2n) is 4.79. The highest BCUT2D eigenvalue weighted by molar-refractivity contribution is 5.76. The Kier molecular flexibility index (Phi) is 2.83. The van der Waals surface area contributed by atoms with Gasteiger partial charge in [-0.05, 0) is 17.7 Å². The first-order valence-corrected chi connectivity index (χ1v) is 6.29. The van der Waals surface area contributed by atoms with Gasteiger partial charge in [-0.3, -0.25) is 0 Å². The maximum Gasteiger partial charge on any atom is 0.117 e. The number of nitrogens with two attached hydrogens (primary N) is 1. The lowest BCUT2D eigenvalue weighted by Crippen LogP contribution is -2.17. The Bertz CT molecular complexity index is 710. The molecule has 2 heterocycles. The molecule has 19 heavy (non-hydrogen) atoms. The number of imidazole rings is 2. The molecule has 3 aromatic rings. The lowest BCUT2D eigenvalue weighted by Gasteiger charge is -2.15. The van der Waals surface area contributed by atoms with Crippen molar-refractivity contribution < 1.29 is 0 Å². The van der Waals surface area contributed by atoms with Gasteiger partial charge in [0.2, 0.25) is 0 Å². The van der Waals surface area contributed by atoms with Crippen molar-refractivity contribution in [3.05, 3.63) is 48.3 Å². The first-order valence-electron chi connectivity index (χ1n) is 6.29. The van der Waals surface area contributed by atoms with E-state index in [1.54, 1.807) is 6.20 Å². The molecule has 1 atom stereocenters. The molecule has 0 fully saturated rings. The molecule has 0 saturated heterocycles. The average molecular weight is 255 g/mol.